The van der Waals surface area contributed by atoms with Crippen molar-refractivity contribution >= 4 is 41.7 Å². The van der Waals surface area contributed by atoms with Crippen molar-refractivity contribution in [3.63, 3.8) is 0 Å². The number of carbonyl (C=O) groups excluding carboxylic acids is 1. The average molecular weight is 479 g/mol. The lowest BCUT2D eigenvalue weighted by molar-refractivity contribution is -0.140. The van der Waals surface area contributed by atoms with Crippen LogP contribution in [0.25, 0.3) is 0 Å². The molecule has 26 heavy (non-hydrogen) atoms. The van der Waals surface area contributed by atoms with Crippen molar-refractivity contribution in [2.45, 2.75) is 31.7 Å². The fourth-order valence-electron chi connectivity index (χ4n) is 2.77. The minimum absolute atomic E-state index is 0. The Hall–Kier alpha value is -1.65. The van der Waals surface area contributed by atoms with Gasteiger partial charge in [0.2, 0.25) is 0 Å². The van der Waals surface area contributed by atoms with Crippen molar-refractivity contribution in [3.05, 3.63) is 24.1 Å². The Labute approximate surface area is 170 Å². The van der Waals surface area contributed by atoms with E-state index >= 15 is 0 Å². The third-order valence-electron chi connectivity index (χ3n) is 4.12. The lowest BCUT2D eigenvalue weighted by Crippen LogP contribution is -2.45. The number of rotatable bonds is 7. The summed E-state index contributed by atoms with van der Waals surface area (Å²) in [4.78, 5) is 21.3. The van der Waals surface area contributed by atoms with Gasteiger partial charge < -0.3 is 20.3 Å². The molecule has 2 N–H and O–H groups in total. The predicted molar refractivity (Wildman–Crippen MR) is 111 cm³/mol. The number of guanidine groups is 1. The number of ether oxygens (including phenoxy) is 1. The van der Waals surface area contributed by atoms with Gasteiger partial charge in [0.05, 0.1) is 7.11 Å². The number of aromatic nitrogens is 1. The van der Waals surface area contributed by atoms with E-state index in [1.807, 2.05) is 4.90 Å². The molecule has 1 unspecified atom stereocenters. The van der Waals surface area contributed by atoms with Gasteiger partial charge in [-0.05, 0) is 31.4 Å². The van der Waals surface area contributed by atoms with Gasteiger partial charge in [-0.25, -0.2) is 9.37 Å². The molecule has 1 saturated heterocycles. The van der Waals surface area contributed by atoms with E-state index in [0.717, 1.165) is 32.4 Å². The van der Waals surface area contributed by atoms with E-state index in [1.165, 1.54) is 13.2 Å². The molecule has 1 aliphatic rings. The maximum atomic E-state index is 13.8. The highest BCUT2D eigenvalue weighted by molar-refractivity contribution is 14.0. The Morgan fingerprint density at radius 2 is 2.31 bits per heavy atom. The van der Waals surface area contributed by atoms with Gasteiger partial charge in [0.15, 0.2) is 17.6 Å². The van der Waals surface area contributed by atoms with Crippen molar-refractivity contribution in [2.75, 3.05) is 38.7 Å². The number of esters is 1. The Bertz CT molecular complexity index is 602. The lowest BCUT2D eigenvalue weighted by Gasteiger charge is -2.20. The zero-order valence-electron chi connectivity index (χ0n) is 15.2. The first-order valence-corrected chi connectivity index (χ1v) is 8.53. The second-order valence-electron chi connectivity index (χ2n) is 5.92. The van der Waals surface area contributed by atoms with Crippen LogP contribution < -0.4 is 15.5 Å². The summed E-state index contributed by atoms with van der Waals surface area (Å²) in [5.74, 6) is 0.635. The highest BCUT2D eigenvalue weighted by Crippen LogP contribution is 2.20. The molecule has 1 fully saturated rings. The van der Waals surface area contributed by atoms with Gasteiger partial charge in [-0.2, -0.15) is 0 Å². The maximum absolute atomic E-state index is 13.8. The molecular formula is C17H27FIN5O2. The summed E-state index contributed by atoms with van der Waals surface area (Å²) in [6.45, 7) is 2.15. The summed E-state index contributed by atoms with van der Waals surface area (Å²) in [5.41, 5.74) is 0. The number of carbonyl (C=O) groups is 1. The predicted octanol–water partition coefficient (Wildman–Crippen LogP) is 1.93. The van der Waals surface area contributed by atoms with Crippen molar-refractivity contribution in [1.82, 2.24) is 15.6 Å². The molecule has 146 valence electrons. The highest BCUT2D eigenvalue weighted by atomic mass is 127. The monoisotopic (exact) mass is 479 g/mol. The van der Waals surface area contributed by atoms with Crippen LogP contribution in [0.2, 0.25) is 0 Å². The first-order chi connectivity index (χ1) is 12.1. The molecule has 0 amide bonds. The van der Waals surface area contributed by atoms with Gasteiger partial charge in [-0.1, -0.05) is 0 Å². The Kier molecular flexibility index (Phi) is 10.2. The van der Waals surface area contributed by atoms with Crippen LogP contribution in [0.15, 0.2) is 23.3 Å². The van der Waals surface area contributed by atoms with Gasteiger partial charge in [-0.15, -0.1) is 24.0 Å². The zero-order chi connectivity index (χ0) is 18.1. The summed E-state index contributed by atoms with van der Waals surface area (Å²) in [6.07, 6.45) is 4.54. The largest absolute Gasteiger partial charge is 0.469 e. The number of pyridine rings is 1. The molecular weight excluding hydrogens is 452 g/mol. The molecule has 0 saturated carbocycles. The SMILES string of the molecule is CN=C(NCCCCC(=O)OC)NC1CCN(c2ncccc2F)C1.I. The van der Waals surface area contributed by atoms with E-state index in [-0.39, 0.29) is 41.8 Å². The summed E-state index contributed by atoms with van der Waals surface area (Å²) >= 11 is 0. The average Bonchev–Trinajstić information content (AvgIpc) is 3.08. The lowest BCUT2D eigenvalue weighted by atomic mass is 10.2. The molecule has 0 aromatic carbocycles. The fourth-order valence-corrected chi connectivity index (χ4v) is 2.77. The standard InChI is InChI=1S/C17H26FN5O2.HI/c1-19-17(21-9-4-3-7-15(24)25-2)22-13-8-11-23(12-13)16-14(18)6-5-10-20-16;/h5-6,10,13H,3-4,7-9,11-12H2,1-2H3,(H2,19,21,22);1H. The number of nitrogens with one attached hydrogen (secondary N) is 2. The second-order valence-corrected chi connectivity index (χ2v) is 5.92. The summed E-state index contributed by atoms with van der Waals surface area (Å²) in [7, 11) is 3.11. The normalized spacial score (nSPS) is 16.8. The number of hydrogen-bond donors (Lipinski definition) is 2. The highest BCUT2D eigenvalue weighted by Gasteiger charge is 2.25. The molecule has 1 aliphatic heterocycles. The molecule has 1 aromatic heterocycles. The summed E-state index contributed by atoms with van der Waals surface area (Å²) in [5, 5.41) is 6.58. The second kappa shape index (κ2) is 11.9. The van der Waals surface area contributed by atoms with Gasteiger partial charge >= 0.3 is 5.97 Å². The third-order valence-corrected chi connectivity index (χ3v) is 4.12. The van der Waals surface area contributed by atoms with Gasteiger partial charge in [-0.3, -0.25) is 9.79 Å². The van der Waals surface area contributed by atoms with Crippen molar-refractivity contribution in [1.29, 1.82) is 0 Å². The Morgan fingerprint density at radius 1 is 1.50 bits per heavy atom. The number of nitrogens with zero attached hydrogens (tertiary/aromatic N) is 3. The number of unbranched alkanes of at least 4 members (excludes halogenated alkanes) is 1. The van der Waals surface area contributed by atoms with E-state index in [2.05, 4.69) is 25.3 Å². The van der Waals surface area contributed by atoms with E-state index in [1.54, 1.807) is 19.3 Å². The first-order valence-electron chi connectivity index (χ1n) is 8.53. The molecule has 2 heterocycles. The maximum Gasteiger partial charge on any atom is 0.305 e. The van der Waals surface area contributed by atoms with Crippen LogP contribution >= 0.6 is 24.0 Å². The van der Waals surface area contributed by atoms with Crippen LogP contribution in [0, 0.1) is 5.82 Å². The molecule has 1 aromatic rings. The number of hydrogen-bond acceptors (Lipinski definition) is 5. The molecule has 9 heteroatoms. The van der Waals surface area contributed by atoms with E-state index in [0.29, 0.717) is 24.7 Å². The quantitative estimate of drug-likeness (QED) is 0.205. The van der Waals surface area contributed by atoms with Crippen LogP contribution in [-0.2, 0) is 9.53 Å². The fraction of sp³-hybridized carbons (Fsp3) is 0.588. The Balaban J connectivity index is 0.00000338. The van der Waals surface area contributed by atoms with Crippen LogP contribution in [0.4, 0.5) is 10.2 Å². The smallest absolute Gasteiger partial charge is 0.305 e. The van der Waals surface area contributed by atoms with Crippen LogP contribution in [-0.4, -0.2) is 56.7 Å². The summed E-state index contributed by atoms with van der Waals surface area (Å²) in [6, 6.07) is 3.21. The van der Waals surface area contributed by atoms with Crippen LogP contribution in [0.1, 0.15) is 25.7 Å². The van der Waals surface area contributed by atoms with E-state index in [9.17, 15) is 9.18 Å². The van der Waals surface area contributed by atoms with Gasteiger partial charge in [0, 0.05) is 45.3 Å². The molecule has 7 nitrogen and oxygen atoms in total. The van der Waals surface area contributed by atoms with E-state index < -0.39 is 0 Å². The molecule has 0 spiro atoms. The minimum atomic E-state index is -0.295. The Morgan fingerprint density at radius 3 is 3.00 bits per heavy atom. The first kappa shape index (κ1) is 22.4. The molecule has 0 bridgehead atoms. The van der Waals surface area contributed by atoms with Crippen LogP contribution in [0.5, 0.6) is 0 Å². The van der Waals surface area contributed by atoms with Gasteiger partial charge in [0.25, 0.3) is 0 Å². The summed E-state index contributed by atoms with van der Waals surface area (Å²) < 4.78 is 18.4. The number of aliphatic imine (C=N–C) groups is 1. The van der Waals surface area contributed by atoms with Crippen LogP contribution in [0.3, 0.4) is 0 Å². The number of methoxy groups -OCH3 is 1. The zero-order valence-corrected chi connectivity index (χ0v) is 17.5. The topological polar surface area (TPSA) is 78.8 Å². The van der Waals surface area contributed by atoms with E-state index in [4.69, 9.17) is 0 Å². The molecule has 0 aliphatic carbocycles. The molecule has 2 rings (SSSR count). The molecule has 0 radical (unpaired) electrons. The van der Waals surface area contributed by atoms with Gasteiger partial charge in [0.1, 0.15) is 0 Å². The van der Waals surface area contributed by atoms with Crippen molar-refractivity contribution in [2.24, 2.45) is 4.99 Å². The molecule has 1 atom stereocenters. The number of halogens is 2. The van der Waals surface area contributed by atoms with Crippen molar-refractivity contribution < 1.29 is 13.9 Å². The number of anilines is 1. The minimum Gasteiger partial charge on any atom is -0.469 e. The van der Waals surface area contributed by atoms with Crippen molar-refractivity contribution in [3.8, 4) is 0 Å². The third kappa shape index (κ3) is 6.93.